The van der Waals surface area contributed by atoms with E-state index >= 15 is 0 Å². The van der Waals surface area contributed by atoms with E-state index in [9.17, 15) is 15.0 Å². The standard InChI is InChI=1S/C17H20N2O3/c1-2-3-7-13(12-6-5-10-18-11-12)19-17(22)16-14(20)8-4-9-15(16)21/h4-6,8-11,13,20-21H,2-3,7H2,1H3,(H,19,22). The first-order valence-electron chi connectivity index (χ1n) is 7.35. The number of rotatable bonds is 6. The Morgan fingerprint density at radius 3 is 2.55 bits per heavy atom. The maximum atomic E-state index is 12.4. The number of aromatic hydroxyl groups is 2. The van der Waals surface area contributed by atoms with E-state index in [-0.39, 0.29) is 23.1 Å². The average Bonchev–Trinajstić information content (AvgIpc) is 2.52. The highest BCUT2D eigenvalue weighted by Crippen LogP contribution is 2.27. The monoisotopic (exact) mass is 300 g/mol. The van der Waals surface area contributed by atoms with Crippen molar-refractivity contribution in [2.24, 2.45) is 0 Å². The number of carbonyl (C=O) groups is 1. The van der Waals surface area contributed by atoms with Crippen molar-refractivity contribution in [3.63, 3.8) is 0 Å². The first kappa shape index (κ1) is 15.8. The van der Waals surface area contributed by atoms with Crippen LogP contribution in [-0.4, -0.2) is 21.1 Å². The fourth-order valence-corrected chi connectivity index (χ4v) is 2.30. The van der Waals surface area contributed by atoms with Gasteiger partial charge >= 0.3 is 0 Å². The summed E-state index contributed by atoms with van der Waals surface area (Å²) in [5, 5.41) is 22.4. The lowest BCUT2D eigenvalue weighted by molar-refractivity contribution is 0.0928. The predicted octanol–water partition coefficient (Wildman–Crippen LogP) is 3.15. The molecule has 116 valence electrons. The third-order valence-electron chi connectivity index (χ3n) is 3.49. The first-order valence-corrected chi connectivity index (χ1v) is 7.35. The Bertz CT molecular complexity index is 609. The number of hydrogen-bond acceptors (Lipinski definition) is 4. The Hall–Kier alpha value is -2.56. The van der Waals surface area contributed by atoms with Crippen molar-refractivity contribution in [3.8, 4) is 11.5 Å². The second-order valence-electron chi connectivity index (χ2n) is 5.13. The summed E-state index contributed by atoms with van der Waals surface area (Å²) in [4.78, 5) is 16.5. The van der Waals surface area contributed by atoms with Gasteiger partial charge in [0.25, 0.3) is 5.91 Å². The topological polar surface area (TPSA) is 82.5 Å². The van der Waals surface area contributed by atoms with Gasteiger partial charge in [-0.1, -0.05) is 31.9 Å². The van der Waals surface area contributed by atoms with E-state index in [1.54, 1.807) is 12.4 Å². The van der Waals surface area contributed by atoms with E-state index in [1.807, 2.05) is 12.1 Å². The van der Waals surface area contributed by atoms with Crippen LogP contribution >= 0.6 is 0 Å². The van der Waals surface area contributed by atoms with Gasteiger partial charge in [-0.25, -0.2) is 0 Å². The largest absolute Gasteiger partial charge is 0.507 e. The van der Waals surface area contributed by atoms with Crippen LogP contribution in [0.15, 0.2) is 42.7 Å². The number of nitrogens with one attached hydrogen (secondary N) is 1. The summed E-state index contributed by atoms with van der Waals surface area (Å²) in [6.45, 7) is 2.08. The number of hydrogen-bond donors (Lipinski definition) is 3. The molecular weight excluding hydrogens is 280 g/mol. The second kappa shape index (κ2) is 7.45. The third-order valence-corrected chi connectivity index (χ3v) is 3.49. The van der Waals surface area contributed by atoms with Gasteiger partial charge in [-0.2, -0.15) is 0 Å². The molecule has 0 spiro atoms. The molecule has 0 aliphatic carbocycles. The van der Waals surface area contributed by atoms with Gasteiger partial charge in [0, 0.05) is 12.4 Å². The van der Waals surface area contributed by atoms with E-state index < -0.39 is 5.91 Å². The van der Waals surface area contributed by atoms with Crippen LogP contribution in [-0.2, 0) is 0 Å². The molecule has 2 aromatic rings. The average molecular weight is 300 g/mol. The van der Waals surface area contributed by atoms with Gasteiger partial charge in [-0.15, -0.1) is 0 Å². The molecule has 0 saturated heterocycles. The zero-order valence-corrected chi connectivity index (χ0v) is 12.5. The fraction of sp³-hybridized carbons (Fsp3) is 0.294. The van der Waals surface area contributed by atoms with Crippen molar-refractivity contribution in [2.45, 2.75) is 32.2 Å². The number of amides is 1. The Morgan fingerprint density at radius 1 is 1.23 bits per heavy atom. The predicted molar refractivity (Wildman–Crippen MR) is 83.7 cm³/mol. The van der Waals surface area contributed by atoms with E-state index in [0.717, 1.165) is 24.8 Å². The quantitative estimate of drug-likeness (QED) is 0.765. The lowest BCUT2D eigenvalue weighted by Crippen LogP contribution is -2.28. The number of benzene rings is 1. The summed E-state index contributed by atoms with van der Waals surface area (Å²) in [6, 6.07) is 7.74. The molecule has 1 heterocycles. The molecule has 2 rings (SSSR count). The molecule has 1 aromatic carbocycles. The minimum atomic E-state index is -0.499. The van der Waals surface area contributed by atoms with Crippen LogP contribution in [0.25, 0.3) is 0 Å². The van der Waals surface area contributed by atoms with E-state index in [1.165, 1.54) is 18.2 Å². The zero-order valence-electron chi connectivity index (χ0n) is 12.5. The van der Waals surface area contributed by atoms with Crippen LogP contribution < -0.4 is 5.32 Å². The second-order valence-corrected chi connectivity index (χ2v) is 5.13. The van der Waals surface area contributed by atoms with Crippen LogP contribution in [0.4, 0.5) is 0 Å². The summed E-state index contributed by atoms with van der Waals surface area (Å²) in [7, 11) is 0. The molecule has 0 radical (unpaired) electrons. The zero-order chi connectivity index (χ0) is 15.9. The van der Waals surface area contributed by atoms with Crippen molar-refractivity contribution >= 4 is 5.91 Å². The summed E-state index contributed by atoms with van der Waals surface area (Å²) < 4.78 is 0. The van der Waals surface area contributed by atoms with Crippen LogP contribution in [0, 0.1) is 0 Å². The maximum absolute atomic E-state index is 12.4. The number of phenols is 2. The molecule has 0 aliphatic rings. The molecular formula is C17H20N2O3. The van der Waals surface area contributed by atoms with E-state index in [4.69, 9.17) is 0 Å². The van der Waals surface area contributed by atoms with Crippen LogP contribution in [0.3, 0.4) is 0 Å². The Morgan fingerprint density at radius 2 is 1.95 bits per heavy atom. The molecule has 1 aromatic heterocycles. The molecule has 3 N–H and O–H groups in total. The number of unbranched alkanes of at least 4 members (excludes halogenated alkanes) is 1. The summed E-state index contributed by atoms with van der Waals surface area (Å²) in [6.07, 6.45) is 6.12. The van der Waals surface area contributed by atoms with Crippen LogP contribution in [0.1, 0.15) is 48.1 Å². The molecule has 22 heavy (non-hydrogen) atoms. The van der Waals surface area contributed by atoms with Crippen molar-refractivity contribution in [2.75, 3.05) is 0 Å². The third kappa shape index (κ3) is 3.75. The van der Waals surface area contributed by atoms with Gasteiger partial charge in [0.05, 0.1) is 6.04 Å². The summed E-state index contributed by atoms with van der Waals surface area (Å²) >= 11 is 0. The number of carbonyl (C=O) groups excluding carboxylic acids is 1. The minimum Gasteiger partial charge on any atom is -0.507 e. The van der Waals surface area contributed by atoms with Crippen molar-refractivity contribution < 1.29 is 15.0 Å². The Kier molecular flexibility index (Phi) is 5.36. The number of phenolic OH excluding ortho intramolecular Hbond substituents is 2. The van der Waals surface area contributed by atoms with Gasteiger partial charge in [-0.3, -0.25) is 9.78 Å². The maximum Gasteiger partial charge on any atom is 0.259 e. The highest BCUT2D eigenvalue weighted by atomic mass is 16.3. The van der Waals surface area contributed by atoms with Crippen molar-refractivity contribution in [3.05, 3.63) is 53.9 Å². The molecule has 0 bridgehead atoms. The van der Waals surface area contributed by atoms with Gasteiger partial charge in [-0.05, 0) is 30.2 Å². The van der Waals surface area contributed by atoms with Gasteiger partial charge in [0.2, 0.25) is 0 Å². The lowest BCUT2D eigenvalue weighted by Gasteiger charge is -2.19. The number of nitrogens with zero attached hydrogens (tertiary/aromatic N) is 1. The summed E-state index contributed by atoms with van der Waals surface area (Å²) in [5.41, 5.74) is 0.798. The molecule has 1 amide bonds. The smallest absolute Gasteiger partial charge is 0.259 e. The van der Waals surface area contributed by atoms with Crippen LogP contribution in [0.5, 0.6) is 11.5 Å². The van der Waals surface area contributed by atoms with Gasteiger partial charge in [0.1, 0.15) is 17.1 Å². The Labute approximate surface area is 129 Å². The van der Waals surface area contributed by atoms with Crippen molar-refractivity contribution in [1.82, 2.24) is 10.3 Å². The molecule has 5 heteroatoms. The van der Waals surface area contributed by atoms with Gasteiger partial charge in [0.15, 0.2) is 0 Å². The molecule has 1 unspecified atom stereocenters. The lowest BCUT2D eigenvalue weighted by atomic mass is 10.0. The van der Waals surface area contributed by atoms with Crippen LogP contribution in [0.2, 0.25) is 0 Å². The number of aromatic nitrogens is 1. The summed E-state index contributed by atoms with van der Waals surface area (Å²) in [5.74, 6) is -0.976. The highest BCUT2D eigenvalue weighted by Gasteiger charge is 2.20. The fourth-order valence-electron chi connectivity index (χ4n) is 2.30. The van der Waals surface area contributed by atoms with E-state index in [2.05, 4.69) is 17.2 Å². The normalized spacial score (nSPS) is 11.9. The molecule has 5 nitrogen and oxygen atoms in total. The molecule has 0 fully saturated rings. The molecule has 0 saturated carbocycles. The molecule has 1 atom stereocenters. The van der Waals surface area contributed by atoms with Gasteiger partial charge < -0.3 is 15.5 Å². The Balaban J connectivity index is 2.21. The molecule has 0 aliphatic heterocycles. The van der Waals surface area contributed by atoms with Crippen molar-refractivity contribution in [1.29, 1.82) is 0 Å². The number of pyridine rings is 1. The SMILES string of the molecule is CCCCC(NC(=O)c1c(O)cccc1O)c1cccnc1. The minimum absolute atomic E-state index is 0.104. The highest BCUT2D eigenvalue weighted by molar-refractivity contribution is 5.99. The first-order chi connectivity index (χ1) is 10.6. The van der Waals surface area contributed by atoms with E-state index in [0.29, 0.717) is 0 Å².